The van der Waals surface area contributed by atoms with Gasteiger partial charge in [0.1, 0.15) is 36.5 Å². The van der Waals surface area contributed by atoms with Gasteiger partial charge in [0, 0.05) is 37.3 Å². The quantitative estimate of drug-likeness (QED) is 0.0443. The minimum atomic E-state index is -2.13. The Hall–Kier alpha value is -9.34. The lowest BCUT2D eigenvalue weighted by molar-refractivity contribution is -0.384. The van der Waals surface area contributed by atoms with Crippen molar-refractivity contribution in [3.05, 3.63) is 230 Å². The Morgan fingerprint density at radius 1 is 0.780 bits per heavy atom. The molecule has 11 rings (SSSR count). The molecule has 0 aromatic heterocycles. The van der Waals surface area contributed by atoms with E-state index in [2.05, 4.69) is 16.7 Å². The molecule has 0 bridgehead atoms. The van der Waals surface area contributed by atoms with E-state index in [-0.39, 0.29) is 49.8 Å². The van der Waals surface area contributed by atoms with Crippen molar-refractivity contribution >= 4 is 35.3 Å². The van der Waals surface area contributed by atoms with Crippen molar-refractivity contribution in [3.8, 4) is 29.1 Å². The summed E-state index contributed by atoms with van der Waals surface area (Å²) < 4.78 is 30.0. The number of amides is 3. The maximum Gasteiger partial charge on any atom is 0.421 e. The first-order valence-electron chi connectivity index (χ1n) is 27.0. The topological polar surface area (TPSA) is 191 Å². The summed E-state index contributed by atoms with van der Waals surface area (Å²) in [6, 6.07) is 46.6. The zero-order chi connectivity index (χ0) is 57.1. The predicted molar refractivity (Wildman–Crippen MR) is 303 cm³/mol. The fourth-order valence-electron chi connectivity index (χ4n) is 12.3. The van der Waals surface area contributed by atoms with Gasteiger partial charge in [-0.15, -0.1) is 0 Å². The summed E-state index contributed by atoms with van der Waals surface area (Å²) in [7, 11) is 5.05. The molecular formula is C65H59N5O12. The maximum absolute atomic E-state index is 17.0. The molecule has 4 heterocycles. The summed E-state index contributed by atoms with van der Waals surface area (Å²) in [5, 5.41) is 21.3. The maximum atomic E-state index is 17.0. The van der Waals surface area contributed by atoms with Crippen LogP contribution in [0.15, 0.2) is 170 Å². The van der Waals surface area contributed by atoms with Crippen molar-refractivity contribution in [3.63, 3.8) is 0 Å². The number of cyclic esters (lactones) is 1. The number of nitro benzene ring substituents is 1. The van der Waals surface area contributed by atoms with E-state index in [0.29, 0.717) is 59.0 Å². The number of hydrogen-bond acceptors (Lipinski definition) is 14. The summed E-state index contributed by atoms with van der Waals surface area (Å²) >= 11 is 0. The van der Waals surface area contributed by atoms with Crippen LogP contribution in [-0.4, -0.2) is 102 Å². The predicted octanol–water partition coefficient (Wildman–Crippen LogP) is 9.05. The van der Waals surface area contributed by atoms with E-state index < -0.39 is 64.4 Å². The fraction of sp³-hybridized carbons (Fsp3) is 0.262. The molecule has 0 saturated carbocycles. The van der Waals surface area contributed by atoms with Crippen LogP contribution in [0, 0.1) is 27.9 Å². The Balaban J connectivity index is 1.14. The van der Waals surface area contributed by atoms with Gasteiger partial charge in [0.15, 0.2) is 11.5 Å². The van der Waals surface area contributed by atoms with Gasteiger partial charge in [-0.2, -0.15) is 0 Å². The van der Waals surface area contributed by atoms with E-state index in [1.54, 1.807) is 54.5 Å². The minimum Gasteiger partial charge on any atom is -0.493 e. The van der Waals surface area contributed by atoms with Crippen molar-refractivity contribution in [1.82, 2.24) is 14.7 Å². The summed E-state index contributed by atoms with van der Waals surface area (Å²) in [6.07, 6.45) is -1.66. The molecule has 7 aromatic rings. The summed E-state index contributed by atoms with van der Waals surface area (Å²) in [6.45, 7) is 0.641. The van der Waals surface area contributed by atoms with Crippen molar-refractivity contribution < 1.29 is 52.9 Å². The Labute approximate surface area is 474 Å². The summed E-state index contributed by atoms with van der Waals surface area (Å²) in [4.78, 5) is 82.4. The van der Waals surface area contributed by atoms with Crippen LogP contribution in [0.25, 0.3) is 0 Å². The number of aliphatic hydroxyl groups excluding tert-OH is 1. The molecular weight excluding hydrogens is 1040 g/mol. The molecule has 1 spiro atoms. The molecule has 3 amide bonds. The summed E-state index contributed by atoms with van der Waals surface area (Å²) in [5.41, 5.74) is 3.67. The monoisotopic (exact) mass is 1100 g/mol. The van der Waals surface area contributed by atoms with Crippen molar-refractivity contribution in [2.45, 2.75) is 55.8 Å². The van der Waals surface area contributed by atoms with Crippen LogP contribution in [0.3, 0.4) is 0 Å². The highest BCUT2D eigenvalue weighted by molar-refractivity contribution is 6.23. The van der Waals surface area contributed by atoms with Crippen LogP contribution >= 0.6 is 0 Å². The number of aliphatic hydroxyl groups is 1. The molecule has 17 heteroatoms. The largest absolute Gasteiger partial charge is 0.493 e. The van der Waals surface area contributed by atoms with E-state index in [1.165, 1.54) is 31.4 Å². The number of carbonyl (C=O) groups is 4. The number of nitrogens with zero attached hydrogens (tertiary/aromatic N) is 5. The van der Waals surface area contributed by atoms with Gasteiger partial charge in [-0.05, 0) is 113 Å². The average molecular weight is 1100 g/mol. The first-order valence-corrected chi connectivity index (χ1v) is 27.0. The first-order chi connectivity index (χ1) is 39.9. The Morgan fingerprint density at radius 2 is 1.44 bits per heavy atom. The molecule has 4 aliphatic heterocycles. The standard InChI is InChI=1S/C65H59N5O12/c1-66(39-43-14-7-4-8-15-43)32-13-16-42-23-30-53-52(36-42)65(63(74)68(53)64(75)81-41-44-21-26-50(27-22-44)70(76)77)56(61(72)67-33-31-48-37-54(78-2)55(79-3)38-49(48)40-67)58-62(73)82-59(46-19-11-6-12-20-46)57(45-17-9-5-10-18-45)69(58)60(65)47-24-28-51(29-25-47)80-35-34-71/h4-12,14-15,17-30,36-38,56-60,71H,31-35,39-41H2,1-3H3/t56-,57-,58-,59+,60+,65-/m0/s1. The molecule has 2 fully saturated rings. The van der Waals surface area contributed by atoms with Gasteiger partial charge >= 0.3 is 12.1 Å². The fourth-order valence-corrected chi connectivity index (χ4v) is 12.3. The first kappa shape index (κ1) is 54.6. The number of anilines is 1. The van der Waals surface area contributed by atoms with Crippen LogP contribution in [0.1, 0.15) is 68.3 Å². The number of hydrogen-bond donors (Lipinski definition) is 1. The van der Waals surface area contributed by atoms with Crippen LogP contribution in [-0.2, 0) is 55.4 Å². The molecule has 82 heavy (non-hydrogen) atoms. The molecule has 6 atom stereocenters. The third-order valence-electron chi connectivity index (χ3n) is 15.9. The lowest BCUT2D eigenvalue weighted by Gasteiger charge is -2.46. The molecule has 17 nitrogen and oxygen atoms in total. The number of esters is 1. The van der Waals surface area contributed by atoms with Gasteiger partial charge in [-0.25, -0.2) is 9.69 Å². The van der Waals surface area contributed by atoms with E-state index in [0.717, 1.165) is 27.2 Å². The van der Waals surface area contributed by atoms with Gasteiger partial charge in [-0.1, -0.05) is 115 Å². The highest BCUT2D eigenvalue weighted by atomic mass is 16.6. The SMILES string of the molecule is COc1cc2c(cc1OC)CN(C(=O)[C@@H]1[C@H]3C(=O)O[C@H](c4ccccc4)[C@H](c4ccccc4)N3[C@H](c3ccc(OCCO)cc3)[C@@]13C(=O)N(C(=O)OCc1ccc([N+](=O)[O-])cc1)c1ccc(C#CCN(C)Cc4ccccc4)cc13)CC2. The molecule has 4 aliphatic rings. The van der Waals surface area contributed by atoms with Gasteiger partial charge in [0.25, 0.3) is 5.69 Å². The number of benzene rings is 7. The zero-order valence-corrected chi connectivity index (χ0v) is 45.4. The van der Waals surface area contributed by atoms with Crippen molar-refractivity contribution in [2.24, 2.45) is 5.92 Å². The van der Waals surface area contributed by atoms with Crippen LogP contribution in [0.5, 0.6) is 17.2 Å². The van der Waals surface area contributed by atoms with E-state index >= 15 is 19.2 Å². The van der Waals surface area contributed by atoms with E-state index in [1.807, 2.05) is 115 Å². The normalized spacial score (nSPS) is 20.7. The van der Waals surface area contributed by atoms with Crippen LogP contribution in [0.4, 0.5) is 16.2 Å². The molecule has 7 aromatic carbocycles. The highest BCUT2D eigenvalue weighted by Gasteiger charge is 2.76. The Kier molecular flexibility index (Phi) is 15.6. The van der Waals surface area contributed by atoms with Crippen LogP contribution in [0.2, 0.25) is 0 Å². The lowest BCUT2D eigenvalue weighted by atomic mass is 9.64. The third-order valence-corrected chi connectivity index (χ3v) is 15.9. The van der Waals surface area contributed by atoms with Gasteiger partial charge < -0.3 is 33.7 Å². The van der Waals surface area contributed by atoms with E-state index in [4.69, 9.17) is 23.7 Å². The van der Waals surface area contributed by atoms with Gasteiger partial charge in [-0.3, -0.25) is 34.3 Å². The smallest absolute Gasteiger partial charge is 0.421 e. The Bertz CT molecular complexity index is 3590. The minimum absolute atomic E-state index is 0.00441. The third kappa shape index (κ3) is 10.2. The number of fused-ring (bicyclic) bond motifs is 4. The van der Waals surface area contributed by atoms with E-state index in [9.17, 15) is 15.2 Å². The second kappa shape index (κ2) is 23.4. The molecule has 0 radical (unpaired) electrons. The van der Waals surface area contributed by atoms with Gasteiger partial charge in [0.2, 0.25) is 11.8 Å². The number of carbonyl (C=O) groups excluding carboxylic acids is 4. The lowest BCUT2D eigenvalue weighted by Crippen LogP contribution is -2.57. The molecule has 0 unspecified atom stereocenters. The molecule has 1 N–H and O–H groups in total. The number of morpholine rings is 1. The second-order valence-corrected chi connectivity index (χ2v) is 20.7. The number of ether oxygens (including phenoxy) is 5. The van der Waals surface area contributed by atoms with Gasteiger partial charge in [0.05, 0.1) is 56.0 Å². The summed E-state index contributed by atoms with van der Waals surface area (Å²) in [5.74, 6) is 4.33. The number of nitro groups is 1. The Morgan fingerprint density at radius 3 is 2.10 bits per heavy atom. The average Bonchev–Trinajstić information content (AvgIpc) is 1.53. The van der Waals surface area contributed by atoms with Crippen molar-refractivity contribution in [2.75, 3.05) is 52.5 Å². The molecule has 2 saturated heterocycles. The van der Waals surface area contributed by atoms with Crippen molar-refractivity contribution in [1.29, 1.82) is 0 Å². The number of non-ortho nitro benzene ring substituents is 1. The highest BCUT2D eigenvalue weighted by Crippen LogP contribution is 2.66. The molecule has 0 aliphatic carbocycles. The van der Waals surface area contributed by atoms with Crippen LogP contribution < -0.4 is 19.1 Å². The molecule has 416 valence electrons. The second-order valence-electron chi connectivity index (χ2n) is 20.7. The zero-order valence-electron chi connectivity index (χ0n) is 45.4. The number of rotatable bonds is 15. The number of methoxy groups -OCH3 is 2. The number of imide groups is 1.